The van der Waals surface area contributed by atoms with Crippen molar-refractivity contribution in [2.75, 3.05) is 6.54 Å². The maximum atomic E-state index is 12.4. The summed E-state index contributed by atoms with van der Waals surface area (Å²) in [6.45, 7) is 6.43. The standard InChI is InChI=1S/C16H23NO4/c1-4-9-17-14(10-15(18)19)16(20)12-5-7-13(8-6-12)21-11(2)3/h5-8,11,14,17H,4,9-10H2,1-3H3,(H,18,19). The minimum atomic E-state index is -0.989. The summed E-state index contributed by atoms with van der Waals surface area (Å²) in [6, 6.07) is 6.10. The molecule has 0 spiro atoms. The molecule has 0 saturated carbocycles. The van der Waals surface area contributed by atoms with Crippen molar-refractivity contribution in [3.8, 4) is 5.75 Å². The second-order valence-electron chi connectivity index (χ2n) is 5.16. The van der Waals surface area contributed by atoms with Gasteiger partial charge >= 0.3 is 5.97 Å². The number of ether oxygens (including phenoxy) is 1. The van der Waals surface area contributed by atoms with Crippen molar-refractivity contribution >= 4 is 11.8 Å². The van der Waals surface area contributed by atoms with Crippen LogP contribution in [0.2, 0.25) is 0 Å². The molecule has 0 amide bonds. The summed E-state index contributed by atoms with van der Waals surface area (Å²) in [4.78, 5) is 23.2. The Kier molecular flexibility index (Phi) is 6.88. The van der Waals surface area contributed by atoms with Crippen LogP contribution in [-0.2, 0) is 4.79 Å². The summed E-state index contributed by atoms with van der Waals surface area (Å²) in [5.74, 6) is -0.503. The van der Waals surface area contributed by atoms with E-state index in [0.717, 1.165) is 6.42 Å². The van der Waals surface area contributed by atoms with Gasteiger partial charge in [-0.25, -0.2) is 0 Å². The Morgan fingerprint density at radius 3 is 2.33 bits per heavy atom. The molecule has 1 atom stereocenters. The highest BCUT2D eigenvalue weighted by Crippen LogP contribution is 2.15. The second kappa shape index (κ2) is 8.42. The molecule has 0 bridgehead atoms. The maximum Gasteiger partial charge on any atom is 0.305 e. The minimum absolute atomic E-state index is 0.0672. The molecular formula is C16H23NO4. The van der Waals surface area contributed by atoms with Gasteiger partial charge in [0.05, 0.1) is 18.6 Å². The molecule has 1 unspecified atom stereocenters. The Morgan fingerprint density at radius 2 is 1.86 bits per heavy atom. The largest absolute Gasteiger partial charge is 0.491 e. The summed E-state index contributed by atoms with van der Waals surface area (Å²) in [5.41, 5.74) is 0.487. The molecule has 0 aliphatic rings. The molecule has 0 aliphatic heterocycles. The first-order valence-corrected chi connectivity index (χ1v) is 7.20. The molecule has 116 valence electrons. The molecular weight excluding hydrogens is 270 g/mol. The van der Waals surface area contributed by atoms with Gasteiger partial charge in [-0.2, -0.15) is 0 Å². The van der Waals surface area contributed by atoms with Gasteiger partial charge in [-0.1, -0.05) is 6.92 Å². The monoisotopic (exact) mass is 293 g/mol. The summed E-state index contributed by atoms with van der Waals surface area (Å²) in [6.07, 6.45) is 0.686. The molecule has 5 nitrogen and oxygen atoms in total. The van der Waals surface area contributed by atoms with Crippen LogP contribution in [-0.4, -0.2) is 35.5 Å². The molecule has 21 heavy (non-hydrogen) atoms. The molecule has 0 aromatic heterocycles. The number of carboxylic acid groups (broad SMARTS) is 1. The van der Waals surface area contributed by atoms with Crippen molar-refractivity contribution < 1.29 is 19.4 Å². The number of carbonyl (C=O) groups is 2. The normalized spacial score (nSPS) is 12.2. The molecule has 0 saturated heterocycles. The number of Topliss-reactive ketones (excluding diaryl/α,β-unsaturated/α-hetero) is 1. The SMILES string of the molecule is CCCNC(CC(=O)O)C(=O)c1ccc(OC(C)C)cc1. The number of hydrogen-bond donors (Lipinski definition) is 2. The summed E-state index contributed by atoms with van der Waals surface area (Å²) < 4.78 is 5.52. The van der Waals surface area contributed by atoms with Crippen LogP contribution in [0.5, 0.6) is 5.75 Å². The second-order valence-corrected chi connectivity index (χ2v) is 5.16. The lowest BCUT2D eigenvalue weighted by Crippen LogP contribution is -2.39. The van der Waals surface area contributed by atoms with E-state index in [2.05, 4.69) is 5.32 Å². The fourth-order valence-electron chi connectivity index (χ4n) is 1.92. The van der Waals surface area contributed by atoms with Crippen LogP contribution in [0.3, 0.4) is 0 Å². The van der Waals surface area contributed by atoms with Gasteiger partial charge in [0.25, 0.3) is 0 Å². The Labute approximate surface area is 125 Å². The molecule has 1 rings (SSSR count). The third-order valence-electron chi connectivity index (χ3n) is 2.85. The van der Waals surface area contributed by atoms with Gasteiger partial charge in [-0.3, -0.25) is 9.59 Å². The van der Waals surface area contributed by atoms with Gasteiger partial charge in [0.15, 0.2) is 5.78 Å². The van der Waals surface area contributed by atoms with E-state index in [4.69, 9.17) is 9.84 Å². The number of aliphatic carboxylic acids is 1. The molecule has 1 aromatic carbocycles. The van der Waals surface area contributed by atoms with Crippen molar-refractivity contribution in [3.05, 3.63) is 29.8 Å². The van der Waals surface area contributed by atoms with Crippen LogP contribution in [0.25, 0.3) is 0 Å². The topological polar surface area (TPSA) is 75.6 Å². The molecule has 0 heterocycles. The van der Waals surface area contributed by atoms with Crippen LogP contribution >= 0.6 is 0 Å². The van der Waals surface area contributed by atoms with Gasteiger partial charge in [-0.05, 0) is 51.1 Å². The Balaban J connectivity index is 2.79. The van der Waals surface area contributed by atoms with E-state index in [-0.39, 0.29) is 18.3 Å². The lowest BCUT2D eigenvalue weighted by Gasteiger charge is -2.16. The number of hydrogen-bond acceptors (Lipinski definition) is 4. The predicted octanol–water partition coefficient (Wildman–Crippen LogP) is 2.50. The average molecular weight is 293 g/mol. The van der Waals surface area contributed by atoms with E-state index in [1.54, 1.807) is 24.3 Å². The van der Waals surface area contributed by atoms with Crippen molar-refractivity contribution in [1.82, 2.24) is 5.32 Å². The number of carboxylic acids is 1. The molecule has 5 heteroatoms. The highest BCUT2D eigenvalue weighted by atomic mass is 16.5. The molecule has 1 aromatic rings. The maximum absolute atomic E-state index is 12.4. The number of carbonyl (C=O) groups excluding carboxylic acids is 1. The van der Waals surface area contributed by atoms with Gasteiger partial charge < -0.3 is 15.2 Å². The zero-order valence-corrected chi connectivity index (χ0v) is 12.8. The van der Waals surface area contributed by atoms with Crippen LogP contribution < -0.4 is 10.1 Å². The van der Waals surface area contributed by atoms with Gasteiger partial charge in [0, 0.05) is 5.56 Å². The highest BCUT2D eigenvalue weighted by Gasteiger charge is 2.22. The Hall–Kier alpha value is -1.88. The van der Waals surface area contributed by atoms with Crippen LogP contribution in [0, 0.1) is 0 Å². The van der Waals surface area contributed by atoms with Crippen LogP contribution in [0.15, 0.2) is 24.3 Å². The number of ketones is 1. The Bertz CT molecular complexity index is 468. The van der Waals surface area contributed by atoms with E-state index in [1.807, 2.05) is 20.8 Å². The first kappa shape index (κ1) is 17.2. The predicted molar refractivity (Wildman–Crippen MR) is 80.9 cm³/mol. The zero-order valence-electron chi connectivity index (χ0n) is 12.8. The third-order valence-corrected chi connectivity index (χ3v) is 2.85. The summed E-state index contributed by atoms with van der Waals surface area (Å²) >= 11 is 0. The lowest BCUT2D eigenvalue weighted by atomic mass is 10.0. The summed E-state index contributed by atoms with van der Waals surface area (Å²) in [7, 11) is 0. The fourth-order valence-corrected chi connectivity index (χ4v) is 1.92. The first-order valence-electron chi connectivity index (χ1n) is 7.20. The van der Waals surface area contributed by atoms with Crippen molar-refractivity contribution in [2.45, 2.75) is 45.8 Å². The van der Waals surface area contributed by atoms with Crippen molar-refractivity contribution in [3.63, 3.8) is 0 Å². The van der Waals surface area contributed by atoms with E-state index < -0.39 is 12.0 Å². The fraction of sp³-hybridized carbons (Fsp3) is 0.500. The minimum Gasteiger partial charge on any atom is -0.491 e. The van der Waals surface area contributed by atoms with Gasteiger partial charge in [0.1, 0.15) is 5.75 Å². The number of nitrogens with one attached hydrogen (secondary N) is 1. The molecule has 0 radical (unpaired) electrons. The van der Waals surface area contributed by atoms with E-state index in [0.29, 0.717) is 17.9 Å². The molecule has 0 aliphatic carbocycles. The van der Waals surface area contributed by atoms with E-state index in [9.17, 15) is 9.59 Å². The molecule has 2 N–H and O–H groups in total. The average Bonchev–Trinajstić information content (AvgIpc) is 2.42. The highest BCUT2D eigenvalue weighted by molar-refractivity contribution is 6.01. The van der Waals surface area contributed by atoms with Crippen LogP contribution in [0.1, 0.15) is 44.0 Å². The first-order chi connectivity index (χ1) is 9.93. The number of rotatable bonds is 9. The lowest BCUT2D eigenvalue weighted by molar-refractivity contribution is -0.137. The third kappa shape index (κ3) is 5.95. The van der Waals surface area contributed by atoms with E-state index in [1.165, 1.54) is 0 Å². The van der Waals surface area contributed by atoms with Gasteiger partial charge in [0.2, 0.25) is 0 Å². The van der Waals surface area contributed by atoms with Crippen molar-refractivity contribution in [2.24, 2.45) is 0 Å². The van der Waals surface area contributed by atoms with E-state index >= 15 is 0 Å². The smallest absolute Gasteiger partial charge is 0.305 e. The number of benzene rings is 1. The van der Waals surface area contributed by atoms with Crippen LogP contribution in [0.4, 0.5) is 0 Å². The quantitative estimate of drug-likeness (QED) is 0.684. The Morgan fingerprint density at radius 1 is 1.24 bits per heavy atom. The van der Waals surface area contributed by atoms with Gasteiger partial charge in [-0.15, -0.1) is 0 Å². The summed E-state index contributed by atoms with van der Waals surface area (Å²) in [5, 5.41) is 11.9. The molecule has 0 fully saturated rings. The van der Waals surface area contributed by atoms with Crippen molar-refractivity contribution in [1.29, 1.82) is 0 Å². The zero-order chi connectivity index (χ0) is 15.8.